The summed E-state index contributed by atoms with van der Waals surface area (Å²) < 4.78 is 37.4. The smallest absolute Gasteiger partial charge is 0.171 e. The van der Waals surface area contributed by atoms with E-state index in [9.17, 15) is 13.2 Å². The van der Waals surface area contributed by atoms with Crippen LogP contribution in [0.3, 0.4) is 0 Å². The summed E-state index contributed by atoms with van der Waals surface area (Å²) in [6.07, 6.45) is 10.1. The molecular formula is C19H33F3. The van der Waals surface area contributed by atoms with Gasteiger partial charge < -0.3 is 0 Å². The van der Waals surface area contributed by atoms with Gasteiger partial charge in [-0.25, -0.2) is 0 Å². The van der Waals surface area contributed by atoms with Gasteiger partial charge in [0.2, 0.25) is 0 Å². The van der Waals surface area contributed by atoms with Gasteiger partial charge in [0, 0.05) is 6.42 Å². The van der Waals surface area contributed by atoms with E-state index in [-0.39, 0.29) is 5.92 Å². The van der Waals surface area contributed by atoms with Crippen molar-refractivity contribution >= 4 is 0 Å². The van der Waals surface area contributed by atoms with Crippen molar-refractivity contribution in [3.8, 4) is 0 Å². The summed E-state index contributed by atoms with van der Waals surface area (Å²) in [5.74, 6) is 2.38. The first-order valence-corrected chi connectivity index (χ1v) is 9.54. The Morgan fingerprint density at radius 2 is 1.23 bits per heavy atom. The minimum Gasteiger partial charge on any atom is -0.171 e. The highest BCUT2D eigenvalue weighted by Gasteiger charge is 2.36. The third-order valence-electron chi connectivity index (χ3n) is 6.19. The molecule has 2 fully saturated rings. The highest BCUT2D eigenvalue weighted by atomic mass is 19.4. The van der Waals surface area contributed by atoms with Crippen molar-refractivity contribution in [2.75, 3.05) is 0 Å². The summed E-state index contributed by atoms with van der Waals surface area (Å²) in [4.78, 5) is 0. The molecule has 0 N–H and O–H groups in total. The van der Waals surface area contributed by atoms with Crippen molar-refractivity contribution in [3.63, 3.8) is 0 Å². The van der Waals surface area contributed by atoms with E-state index < -0.39 is 12.6 Å². The largest absolute Gasteiger partial charge is 0.389 e. The van der Waals surface area contributed by atoms with Crippen molar-refractivity contribution < 1.29 is 13.2 Å². The van der Waals surface area contributed by atoms with Gasteiger partial charge in [-0.1, -0.05) is 45.4 Å². The SMILES string of the molecule is CCCCCC1CCC(C2CCC(CC(F)(F)F)CC2)CC1. The molecule has 2 aliphatic rings. The van der Waals surface area contributed by atoms with Crippen LogP contribution < -0.4 is 0 Å². The van der Waals surface area contributed by atoms with E-state index in [1.165, 1.54) is 51.4 Å². The monoisotopic (exact) mass is 318 g/mol. The van der Waals surface area contributed by atoms with Crippen molar-refractivity contribution in [2.45, 2.75) is 96.6 Å². The molecule has 22 heavy (non-hydrogen) atoms. The fourth-order valence-corrected chi connectivity index (χ4v) is 4.82. The van der Waals surface area contributed by atoms with Crippen LogP contribution in [0.2, 0.25) is 0 Å². The van der Waals surface area contributed by atoms with Gasteiger partial charge in [-0.3, -0.25) is 0 Å². The Labute approximate surface area is 134 Å². The van der Waals surface area contributed by atoms with Crippen LogP contribution in [0.15, 0.2) is 0 Å². The quantitative estimate of drug-likeness (QED) is 0.457. The minimum atomic E-state index is -3.96. The molecule has 0 saturated heterocycles. The van der Waals surface area contributed by atoms with E-state index in [2.05, 4.69) is 6.92 Å². The summed E-state index contributed by atoms with van der Waals surface area (Å²) in [5, 5.41) is 0. The zero-order valence-corrected chi connectivity index (χ0v) is 14.1. The molecule has 2 rings (SSSR count). The summed E-state index contributed by atoms with van der Waals surface area (Å²) in [6, 6.07) is 0. The molecule has 0 aromatic rings. The Bertz CT molecular complexity index is 294. The zero-order chi connectivity index (χ0) is 16.0. The topological polar surface area (TPSA) is 0 Å². The zero-order valence-electron chi connectivity index (χ0n) is 14.1. The normalized spacial score (nSPS) is 33.8. The van der Waals surface area contributed by atoms with Gasteiger partial charge in [0.25, 0.3) is 0 Å². The van der Waals surface area contributed by atoms with Crippen LogP contribution in [0.4, 0.5) is 13.2 Å². The predicted octanol–water partition coefficient (Wildman–Crippen LogP) is 7.13. The first kappa shape index (κ1) is 18.1. The third kappa shape index (κ3) is 6.12. The van der Waals surface area contributed by atoms with E-state index in [1.807, 2.05) is 0 Å². The van der Waals surface area contributed by atoms with Gasteiger partial charge in [0.05, 0.1) is 0 Å². The van der Waals surface area contributed by atoms with Crippen molar-refractivity contribution in [1.82, 2.24) is 0 Å². The van der Waals surface area contributed by atoms with E-state index in [0.717, 1.165) is 43.4 Å². The molecule has 2 saturated carbocycles. The molecule has 0 spiro atoms. The van der Waals surface area contributed by atoms with Crippen LogP contribution in [-0.4, -0.2) is 6.18 Å². The summed E-state index contributed by atoms with van der Waals surface area (Å²) in [6.45, 7) is 2.26. The second kappa shape index (κ2) is 8.59. The number of unbranched alkanes of at least 4 members (excludes halogenated alkanes) is 2. The standard InChI is InChI=1S/C19H33F3/c1-2-3-4-5-15-6-10-17(11-7-15)18-12-8-16(9-13-18)14-19(20,21)22/h15-18H,2-14H2,1H3. The van der Waals surface area contributed by atoms with Crippen LogP contribution in [-0.2, 0) is 0 Å². The molecule has 0 bridgehead atoms. The predicted molar refractivity (Wildman–Crippen MR) is 85.7 cm³/mol. The van der Waals surface area contributed by atoms with E-state index in [1.54, 1.807) is 0 Å². The average Bonchev–Trinajstić information content (AvgIpc) is 2.48. The third-order valence-corrected chi connectivity index (χ3v) is 6.19. The molecule has 0 aromatic carbocycles. The number of halogens is 3. The second-order valence-electron chi connectivity index (χ2n) is 7.88. The Morgan fingerprint density at radius 1 is 0.727 bits per heavy atom. The van der Waals surface area contributed by atoms with Crippen LogP contribution >= 0.6 is 0 Å². The van der Waals surface area contributed by atoms with Gasteiger partial charge in [0.1, 0.15) is 0 Å². The minimum absolute atomic E-state index is 0.0957. The molecule has 0 aromatic heterocycles. The molecule has 3 heteroatoms. The van der Waals surface area contributed by atoms with Crippen molar-refractivity contribution in [3.05, 3.63) is 0 Å². The molecular weight excluding hydrogens is 285 g/mol. The number of alkyl halides is 3. The lowest BCUT2D eigenvalue weighted by molar-refractivity contribution is -0.147. The molecule has 0 unspecified atom stereocenters. The fraction of sp³-hybridized carbons (Fsp3) is 1.00. The average molecular weight is 318 g/mol. The van der Waals surface area contributed by atoms with Gasteiger partial charge in [0.15, 0.2) is 0 Å². The number of hydrogen-bond donors (Lipinski definition) is 0. The Kier molecular flexibility index (Phi) is 7.08. The van der Waals surface area contributed by atoms with E-state index in [0.29, 0.717) is 0 Å². The molecule has 2 aliphatic carbocycles. The molecule has 0 heterocycles. The van der Waals surface area contributed by atoms with Gasteiger partial charge in [-0.2, -0.15) is 13.2 Å². The highest BCUT2D eigenvalue weighted by Crippen LogP contribution is 2.44. The highest BCUT2D eigenvalue weighted by molar-refractivity contribution is 4.82. The van der Waals surface area contributed by atoms with E-state index in [4.69, 9.17) is 0 Å². The van der Waals surface area contributed by atoms with Crippen LogP contribution in [0.25, 0.3) is 0 Å². The lowest BCUT2D eigenvalue weighted by Gasteiger charge is -2.38. The Balaban J connectivity index is 1.64. The first-order valence-electron chi connectivity index (χ1n) is 9.54. The van der Waals surface area contributed by atoms with Crippen LogP contribution in [0, 0.1) is 23.7 Å². The Morgan fingerprint density at radius 3 is 1.68 bits per heavy atom. The van der Waals surface area contributed by atoms with Gasteiger partial charge >= 0.3 is 6.18 Å². The molecule has 0 radical (unpaired) electrons. The van der Waals surface area contributed by atoms with Crippen LogP contribution in [0.5, 0.6) is 0 Å². The molecule has 0 nitrogen and oxygen atoms in total. The van der Waals surface area contributed by atoms with Crippen LogP contribution in [0.1, 0.15) is 90.4 Å². The lowest BCUT2D eigenvalue weighted by atomic mass is 9.68. The van der Waals surface area contributed by atoms with Gasteiger partial charge in [-0.15, -0.1) is 0 Å². The Hall–Kier alpha value is -0.210. The number of hydrogen-bond acceptors (Lipinski definition) is 0. The molecule has 0 amide bonds. The van der Waals surface area contributed by atoms with Gasteiger partial charge in [-0.05, 0) is 62.2 Å². The maximum absolute atomic E-state index is 12.5. The maximum Gasteiger partial charge on any atom is 0.389 e. The second-order valence-corrected chi connectivity index (χ2v) is 7.88. The van der Waals surface area contributed by atoms with Crippen molar-refractivity contribution in [2.24, 2.45) is 23.7 Å². The number of rotatable bonds is 6. The first-order chi connectivity index (χ1) is 10.5. The molecule has 130 valence electrons. The molecule has 0 aliphatic heterocycles. The summed E-state index contributed by atoms with van der Waals surface area (Å²) in [5.41, 5.74) is 0. The van der Waals surface area contributed by atoms with Crippen molar-refractivity contribution in [1.29, 1.82) is 0 Å². The maximum atomic E-state index is 12.5. The summed E-state index contributed by atoms with van der Waals surface area (Å²) >= 11 is 0. The fourth-order valence-electron chi connectivity index (χ4n) is 4.82. The summed E-state index contributed by atoms with van der Waals surface area (Å²) in [7, 11) is 0. The molecule has 0 atom stereocenters. The lowest BCUT2D eigenvalue weighted by Crippen LogP contribution is -2.27. The van der Waals surface area contributed by atoms with E-state index >= 15 is 0 Å².